The van der Waals surface area contributed by atoms with E-state index >= 15 is 0 Å². The Hall–Kier alpha value is 0.530. The number of rotatable bonds is 1. The zero-order valence-corrected chi connectivity index (χ0v) is 7.08. The first-order valence-corrected chi connectivity index (χ1v) is 5.20. The molecule has 0 spiro atoms. The Morgan fingerprint density at radius 2 is 2.44 bits per heavy atom. The van der Waals surface area contributed by atoms with E-state index in [9.17, 15) is 0 Å². The molecular weight excluding hydrogens is 159 g/mol. The van der Waals surface area contributed by atoms with E-state index in [0.717, 1.165) is 0 Å². The molecule has 0 amide bonds. The molecule has 0 aromatic rings. The molecule has 1 rings (SSSR count). The van der Waals surface area contributed by atoms with Crippen LogP contribution in [0.4, 0.5) is 0 Å². The van der Waals surface area contributed by atoms with E-state index in [4.69, 9.17) is 25.4 Å². The minimum absolute atomic E-state index is 0.0933. The largest absolute Gasteiger partial charge is 0.327 e. The van der Waals surface area contributed by atoms with Gasteiger partial charge in [-0.2, -0.15) is 0 Å². The van der Waals surface area contributed by atoms with Crippen molar-refractivity contribution in [1.29, 1.82) is 0 Å². The van der Waals surface area contributed by atoms with E-state index < -0.39 is 6.72 Å². The first-order chi connectivity index (χ1) is 4.16. The first kappa shape index (κ1) is 7.63. The lowest BCUT2D eigenvalue weighted by Gasteiger charge is -2.09. The molecule has 1 fully saturated rings. The van der Waals surface area contributed by atoms with Gasteiger partial charge in [-0.15, -0.1) is 0 Å². The molecule has 0 aromatic heterocycles. The van der Waals surface area contributed by atoms with Crippen molar-refractivity contribution in [3.05, 3.63) is 0 Å². The van der Waals surface area contributed by atoms with Crippen molar-refractivity contribution >= 4 is 18.5 Å². The van der Waals surface area contributed by atoms with Crippen LogP contribution < -0.4 is 0 Å². The van der Waals surface area contributed by atoms with Gasteiger partial charge in [0.1, 0.15) is 0 Å². The van der Waals surface area contributed by atoms with Crippen molar-refractivity contribution < 1.29 is 13.6 Å². The van der Waals surface area contributed by atoms with Crippen LogP contribution in [-0.4, -0.2) is 19.8 Å². The maximum Gasteiger partial charge on any atom is 0.327 e. The lowest BCUT2D eigenvalue weighted by Crippen LogP contribution is -2.00. The minimum atomic E-state index is -2.27. The van der Waals surface area contributed by atoms with Gasteiger partial charge in [0.15, 0.2) is 0 Å². The average Bonchev–Trinajstić information content (AvgIpc) is 2.13. The summed E-state index contributed by atoms with van der Waals surface area (Å²) >= 11 is 4.89. The van der Waals surface area contributed by atoms with Gasteiger partial charge in [0, 0.05) is 7.11 Å². The lowest BCUT2D eigenvalue weighted by molar-refractivity contribution is 0.246. The van der Waals surface area contributed by atoms with Gasteiger partial charge in [-0.25, -0.2) is 0 Å². The van der Waals surface area contributed by atoms with E-state index in [1.807, 2.05) is 6.92 Å². The number of hydrogen-bond donors (Lipinski definition) is 0. The smallest absolute Gasteiger partial charge is 0.312 e. The van der Waals surface area contributed by atoms with E-state index in [1.54, 1.807) is 0 Å². The summed E-state index contributed by atoms with van der Waals surface area (Å²) in [5, 5.41) is 0. The maximum absolute atomic E-state index is 5.18. The van der Waals surface area contributed by atoms with E-state index in [2.05, 4.69) is 0 Å². The molecule has 54 valence electrons. The third-order valence-corrected chi connectivity index (χ3v) is 3.55. The highest BCUT2D eigenvalue weighted by Crippen LogP contribution is 2.54. The third-order valence-electron chi connectivity index (χ3n) is 1.00. The van der Waals surface area contributed by atoms with Gasteiger partial charge in [-0.05, 0) is 18.7 Å². The van der Waals surface area contributed by atoms with E-state index in [1.165, 1.54) is 7.11 Å². The van der Waals surface area contributed by atoms with Gasteiger partial charge >= 0.3 is 6.72 Å². The summed E-state index contributed by atoms with van der Waals surface area (Å²) in [6.07, 6.45) is 0.0933. The van der Waals surface area contributed by atoms with Gasteiger partial charge in [-0.3, -0.25) is 0 Å². The molecule has 0 aromatic carbocycles. The molecule has 3 nitrogen and oxygen atoms in total. The molecule has 1 saturated heterocycles. The van der Waals surface area contributed by atoms with Gasteiger partial charge in [-0.1, -0.05) is 0 Å². The van der Waals surface area contributed by atoms with Gasteiger partial charge in [0.2, 0.25) is 0 Å². The molecule has 1 aliphatic heterocycles. The van der Waals surface area contributed by atoms with Crippen LogP contribution in [0.5, 0.6) is 0 Å². The molecular formula is C4H9O3PS. The van der Waals surface area contributed by atoms with Crippen LogP contribution in [0.1, 0.15) is 6.92 Å². The van der Waals surface area contributed by atoms with Gasteiger partial charge in [0.25, 0.3) is 0 Å². The molecule has 2 atom stereocenters. The Morgan fingerprint density at radius 1 is 1.78 bits per heavy atom. The van der Waals surface area contributed by atoms with Crippen molar-refractivity contribution in [2.75, 3.05) is 13.7 Å². The van der Waals surface area contributed by atoms with Crippen molar-refractivity contribution in [2.24, 2.45) is 0 Å². The number of hydrogen-bond acceptors (Lipinski definition) is 4. The predicted octanol–water partition coefficient (Wildman–Crippen LogP) is 1.29. The Kier molecular flexibility index (Phi) is 2.24. The summed E-state index contributed by atoms with van der Waals surface area (Å²) in [6.45, 7) is 0.197. The van der Waals surface area contributed by atoms with Crippen LogP contribution in [-0.2, 0) is 25.4 Å². The average molecular weight is 168 g/mol. The highest BCUT2D eigenvalue weighted by molar-refractivity contribution is 8.07. The Labute approximate surface area is 59.5 Å². The van der Waals surface area contributed by atoms with Gasteiger partial charge < -0.3 is 13.6 Å². The summed E-state index contributed by atoms with van der Waals surface area (Å²) in [5.74, 6) is 0. The Balaban J connectivity index is 2.55. The summed E-state index contributed by atoms with van der Waals surface area (Å²) in [5.41, 5.74) is 0. The van der Waals surface area contributed by atoms with Crippen LogP contribution in [0.3, 0.4) is 0 Å². The van der Waals surface area contributed by atoms with Gasteiger partial charge in [0.05, 0.1) is 12.7 Å². The van der Waals surface area contributed by atoms with Crippen LogP contribution in [0.15, 0.2) is 0 Å². The first-order valence-electron chi connectivity index (χ1n) is 2.65. The van der Waals surface area contributed by atoms with Crippen molar-refractivity contribution in [3.8, 4) is 0 Å². The van der Waals surface area contributed by atoms with Crippen LogP contribution in [0.2, 0.25) is 0 Å². The molecule has 9 heavy (non-hydrogen) atoms. The predicted molar refractivity (Wildman–Crippen MR) is 37.8 cm³/mol. The van der Waals surface area contributed by atoms with Crippen molar-refractivity contribution in [3.63, 3.8) is 0 Å². The maximum atomic E-state index is 5.18. The molecule has 1 aliphatic rings. The fourth-order valence-electron chi connectivity index (χ4n) is 0.573. The molecule has 0 bridgehead atoms. The second-order valence-electron chi connectivity index (χ2n) is 1.84. The van der Waals surface area contributed by atoms with Crippen molar-refractivity contribution in [1.82, 2.24) is 0 Å². The summed E-state index contributed by atoms with van der Waals surface area (Å²) in [4.78, 5) is 0. The standard InChI is InChI=1S/C4H9O3PS/c1-4-3-6-8(9,5-2)7-4/h4H,3H2,1-2H3. The van der Waals surface area contributed by atoms with Crippen LogP contribution in [0, 0.1) is 0 Å². The molecule has 0 aliphatic carbocycles. The van der Waals surface area contributed by atoms with E-state index in [0.29, 0.717) is 6.61 Å². The highest BCUT2D eigenvalue weighted by Gasteiger charge is 2.29. The zero-order chi connectivity index (χ0) is 6.91. The van der Waals surface area contributed by atoms with Crippen LogP contribution >= 0.6 is 6.72 Å². The van der Waals surface area contributed by atoms with E-state index in [-0.39, 0.29) is 6.10 Å². The monoisotopic (exact) mass is 168 g/mol. The zero-order valence-electron chi connectivity index (χ0n) is 5.36. The molecule has 5 heteroatoms. The highest BCUT2D eigenvalue weighted by atomic mass is 32.5. The molecule has 0 saturated carbocycles. The second-order valence-corrected chi connectivity index (χ2v) is 4.91. The molecule has 0 radical (unpaired) electrons. The summed E-state index contributed by atoms with van der Waals surface area (Å²) in [7, 11) is 1.51. The normalized spacial score (nSPS) is 43.6. The SMILES string of the molecule is COP1(=S)OCC(C)O1. The fourth-order valence-corrected chi connectivity index (χ4v) is 2.34. The topological polar surface area (TPSA) is 27.7 Å². The summed E-state index contributed by atoms with van der Waals surface area (Å²) < 4.78 is 15.1. The fraction of sp³-hybridized carbons (Fsp3) is 1.00. The van der Waals surface area contributed by atoms with Crippen LogP contribution in [0.25, 0.3) is 0 Å². The quantitative estimate of drug-likeness (QED) is 0.551. The second kappa shape index (κ2) is 2.64. The van der Waals surface area contributed by atoms with Crippen molar-refractivity contribution in [2.45, 2.75) is 13.0 Å². The summed E-state index contributed by atoms with van der Waals surface area (Å²) in [6, 6.07) is 0. The third kappa shape index (κ3) is 1.72. The molecule has 0 N–H and O–H groups in total. The molecule has 2 unspecified atom stereocenters. The Bertz CT molecular complexity index is 149. The minimum Gasteiger partial charge on any atom is -0.312 e. The Morgan fingerprint density at radius 3 is 2.67 bits per heavy atom. The lowest BCUT2D eigenvalue weighted by atomic mass is 10.5. The molecule has 1 heterocycles.